The van der Waals surface area contributed by atoms with E-state index in [1.54, 1.807) is 0 Å². The Hall–Kier alpha value is -1.55. The molecule has 0 bridgehead atoms. The Morgan fingerprint density at radius 1 is 1.38 bits per heavy atom. The van der Waals surface area contributed by atoms with Crippen molar-refractivity contribution >= 4 is 6.09 Å². The first-order chi connectivity index (χ1) is 10.1. The molecule has 1 aliphatic rings. The number of nitrogens with one attached hydrogen (secondary N) is 1. The van der Waals surface area contributed by atoms with Crippen molar-refractivity contribution in [2.24, 2.45) is 0 Å². The van der Waals surface area contributed by atoms with Gasteiger partial charge in [0.1, 0.15) is 6.61 Å². The zero-order valence-corrected chi connectivity index (χ0v) is 13.2. The lowest BCUT2D eigenvalue weighted by molar-refractivity contribution is 0.0605. The number of hydrogen-bond donors (Lipinski definition) is 1. The van der Waals surface area contributed by atoms with Crippen LogP contribution < -0.4 is 5.32 Å². The monoisotopic (exact) mass is 290 g/mol. The Morgan fingerprint density at radius 2 is 2.10 bits per heavy atom. The van der Waals surface area contributed by atoms with Crippen molar-refractivity contribution in [3.05, 3.63) is 35.9 Å². The Kier molecular flexibility index (Phi) is 5.62. The van der Waals surface area contributed by atoms with Gasteiger partial charge >= 0.3 is 6.09 Å². The van der Waals surface area contributed by atoms with E-state index in [1.165, 1.54) is 0 Å². The minimum Gasteiger partial charge on any atom is -0.445 e. The fourth-order valence-electron chi connectivity index (χ4n) is 2.85. The molecule has 0 spiro atoms. The van der Waals surface area contributed by atoms with Crippen LogP contribution in [0.25, 0.3) is 0 Å². The molecular weight excluding hydrogens is 264 g/mol. The second-order valence-corrected chi connectivity index (χ2v) is 6.04. The van der Waals surface area contributed by atoms with Gasteiger partial charge in [-0.1, -0.05) is 44.2 Å². The predicted molar refractivity (Wildman–Crippen MR) is 84.1 cm³/mol. The predicted octanol–water partition coefficient (Wildman–Crippen LogP) is 3.17. The summed E-state index contributed by atoms with van der Waals surface area (Å²) in [5.74, 6) is 0. The highest BCUT2D eigenvalue weighted by molar-refractivity contribution is 5.68. The maximum absolute atomic E-state index is 12.3. The summed E-state index contributed by atoms with van der Waals surface area (Å²) in [6.45, 7) is 7.50. The number of hydrogen-bond acceptors (Lipinski definition) is 3. The fourth-order valence-corrected chi connectivity index (χ4v) is 2.85. The van der Waals surface area contributed by atoms with Crippen LogP contribution in [0.1, 0.15) is 39.2 Å². The molecule has 1 fully saturated rings. The highest BCUT2D eigenvalue weighted by Gasteiger charge is 2.32. The van der Waals surface area contributed by atoms with Crippen LogP contribution in [0.15, 0.2) is 30.3 Å². The van der Waals surface area contributed by atoms with Gasteiger partial charge in [-0.2, -0.15) is 0 Å². The third-order valence-corrected chi connectivity index (χ3v) is 3.98. The summed E-state index contributed by atoms with van der Waals surface area (Å²) in [5, 5.41) is 3.54. The van der Waals surface area contributed by atoms with Gasteiger partial charge in [0.2, 0.25) is 0 Å². The zero-order valence-electron chi connectivity index (χ0n) is 13.2. The molecule has 1 aromatic rings. The van der Waals surface area contributed by atoms with Crippen LogP contribution in [0, 0.1) is 0 Å². The van der Waals surface area contributed by atoms with E-state index in [1.807, 2.05) is 35.2 Å². The second kappa shape index (κ2) is 7.46. The Morgan fingerprint density at radius 3 is 2.76 bits per heavy atom. The largest absolute Gasteiger partial charge is 0.445 e. The minimum absolute atomic E-state index is 0.171. The van der Waals surface area contributed by atoms with E-state index in [9.17, 15) is 4.79 Å². The van der Waals surface area contributed by atoms with Crippen LogP contribution in [-0.4, -0.2) is 35.7 Å². The van der Waals surface area contributed by atoms with Crippen molar-refractivity contribution < 1.29 is 9.53 Å². The number of ether oxygens (including phenoxy) is 1. The minimum atomic E-state index is -0.207. The molecule has 0 saturated carbocycles. The summed E-state index contributed by atoms with van der Waals surface area (Å²) in [5.41, 5.74) is 1.02. The van der Waals surface area contributed by atoms with E-state index in [0.717, 1.165) is 24.9 Å². The number of piperidine rings is 1. The van der Waals surface area contributed by atoms with Gasteiger partial charge in [-0.05, 0) is 25.3 Å². The topological polar surface area (TPSA) is 41.6 Å². The van der Waals surface area contributed by atoms with Crippen molar-refractivity contribution in [2.45, 2.75) is 58.3 Å². The van der Waals surface area contributed by atoms with Crippen LogP contribution in [0.4, 0.5) is 4.79 Å². The molecule has 1 saturated heterocycles. The number of rotatable bonds is 4. The van der Waals surface area contributed by atoms with E-state index in [-0.39, 0.29) is 12.1 Å². The number of nitrogens with zero attached hydrogens (tertiary/aromatic N) is 1. The molecule has 0 radical (unpaired) electrons. The normalized spacial score (nSPS) is 22.4. The summed E-state index contributed by atoms with van der Waals surface area (Å²) in [6.07, 6.45) is 1.93. The highest BCUT2D eigenvalue weighted by Crippen LogP contribution is 2.19. The number of carbonyl (C=O) groups is 1. The molecule has 1 aliphatic heterocycles. The van der Waals surface area contributed by atoms with E-state index in [2.05, 4.69) is 26.1 Å². The third-order valence-electron chi connectivity index (χ3n) is 3.98. The molecule has 2 atom stereocenters. The number of amides is 1. The maximum Gasteiger partial charge on any atom is 0.410 e. The molecule has 1 amide bonds. The van der Waals surface area contributed by atoms with Crippen LogP contribution in [-0.2, 0) is 11.3 Å². The number of carbonyl (C=O) groups excluding carboxylic acids is 1. The summed E-state index contributed by atoms with van der Waals surface area (Å²) in [6, 6.07) is 10.8. The van der Waals surface area contributed by atoms with Crippen molar-refractivity contribution in [3.8, 4) is 0 Å². The molecule has 1 unspecified atom stereocenters. The smallest absolute Gasteiger partial charge is 0.410 e. The van der Waals surface area contributed by atoms with Gasteiger partial charge in [-0.25, -0.2) is 4.79 Å². The third kappa shape index (κ3) is 4.46. The molecule has 21 heavy (non-hydrogen) atoms. The van der Waals surface area contributed by atoms with E-state index >= 15 is 0 Å². The zero-order chi connectivity index (χ0) is 15.2. The average molecular weight is 290 g/mol. The summed E-state index contributed by atoms with van der Waals surface area (Å²) < 4.78 is 5.45. The summed E-state index contributed by atoms with van der Waals surface area (Å²) >= 11 is 0. The Balaban J connectivity index is 1.89. The first-order valence-electron chi connectivity index (χ1n) is 7.81. The van der Waals surface area contributed by atoms with E-state index in [0.29, 0.717) is 18.7 Å². The van der Waals surface area contributed by atoms with Gasteiger partial charge in [-0.3, -0.25) is 0 Å². The average Bonchev–Trinajstić information content (AvgIpc) is 2.47. The Bertz CT molecular complexity index is 447. The Labute approximate surface area is 127 Å². The molecule has 1 heterocycles. The van der Waals surface area contributed by atoms with Crippen LogP contribution in [0.2, 0.25) is 0 Å². The van der Waals surface area contributed by atoms with Crippen LogP contribution in [0.3, 0.4) is 0 Å². The quantitative estimate of drug-likeness (QED) is 0.926. The SMILES string of the molecule is CC(C)N[C@@H]1CCCN(C(=O)OCc2ccccc2)C1C. The van der Waals surface area contributed by atoms with Crippen molar-refractivity contribution in [2.75, 3.05) is 6.54 Å². The lowest BCUT2D eigenvalue weighted by atomic mass is 9.97. The standard InChI is InChI=1S/C17H26N2O2/c1-13(2)18-16-10-7-11-19(14(16)3)17(20)21-12-15-8-5-4-6-9-15/h4-6,8-9,13-14,16,18H,7,10-12H2,1-3H3/t14?,16-/m1/s1. The molecule has 2 rings (SSSR count). The van der Waals surface area contributed by atoms with Crippen molar-refractivity contribution in [3.63, 3.8) is 0 Å². The van der Waals surface area contributed by atoms with Crippen molar-refractivity contribution in [1.82, 2.24) is 10.2 Å². The molecule has 4 nitrogen and oxygen atoms in total. The molecule has 0 aromatic heterocycles. The van der Waals surface area contributed by atoms with Gasteiger partial charge in [0, 0.05) is 24.7 Å². The molecule has 0 aliphatic carbocycles. The first kappa shape index (κ1) is 15.8. The van der Waals surface area contributed by atoms with Gasteiger partial charge in [-0.15, -0.1) is 0 Å². The number of benzene rings is 1. The fraction of sp³-hybridized carbons (Fsp3) is 0.588. The van der Waals surface area contributed by atoms with Gasteiger partial charge in [0.15, 0.2) is 0 Å². The molecular formula is C17H26N2O2. The van der Waals surface area contributed by atoms with Gasteiger partial charge < -0.3 is 15.0 Å². The van der Waals surface area contributed by atoms with Gasteiger partial charge in [0.05, 0.1) is 0 Å². The molecule has 1 aromatic carbocycles. The van der Waals surface area contributed by atoms with Crippen LogP contribution in [0.5, 0.6) is 0 Å². The van der Waals surface area contributed by atoms with E-state index < -0.39 is 0 Å². The van der Waals surface area contributed by atoms with Crippen molar-refractivity contribution in [1.29, 1.82) is 0 Å². The first-order valence-corrected chi connectivity index (χ1v) is 7.81. The van der Waals surface area contributed by atoms with Gasteiger partial charge in [0.25, 0.3) is 0 Å². The summed E-state index contributed by atoms with van der Waals surface area (Å²) in [7, 11) is 0. The van der Waals surface area contributed by atoms with Crippen LogP contribution >= 0.6 is 0 Å². The molecule has 1 N–H and O–H groups in total. The molecule has 116 valence electrons. The van der Waals surface area contributed by atoms with E-state index in [4.69, 9.17) is 4.74 Å². The maximum atomic E-state index is 12.3. The number of likely N-dealkylation sites (tertiary alicyclic amines) is 1. The molecule has 4 heteroatoms. The lowest BCUT2D eigenvalue weighted by Crippen LogP contribution is -2.55. The second-order valence-electron chi connectivity index (χ2n) is 6.04. The lowest BCUT2D eigenvalue weighted by Gasteiger charge is -2.39. The highest BCUT2D eigenvalue weighted by atomic mass is 16.6. The summed E-state index contributed by atoms with van der Waals surface area (Å²) in [4.78, 5) is 14.1.